The molecule has 1 aromatic rings. The summed E-state index contributed by atoms with van der Waals surface area (Å²) in [4.78, 5) is 4.35. The quantitative estimate of drug-likeness (QED) is 0.562. The second kappa shape index (κ2) is 4.01. The Kier molecular flexibility index (Phi) is 3.17. The molecule has 2 nitrogen and oxygen atoms in total. The summed E-state index contributed by atoms with van der Waals surface area (Å²) in [5, 5.41) is 0.637. The van der Waals surface area contributed by atoms with Crippen molar-refractivity contribution in [2.75, 3.05) is 0 Å². The van der Waals surface area contributed by atoms with Crippen molar-refractivity contribution in [2.24, 2.45) is 10.7 Å². The highest BCUT2D eigenvalue weighted by molar-refractivity contribution is 6.34. The molecule has 0 unspecified atom stereocenters. The molecule has 76 valence electrons. The number of amidine groups is 1. The lowest BCUT2D eigenvalue weighted by molar-refractivity contribution is 0.583. The van der Waals surface area contributed by atoms with E-state index in [0.717, 1.165) is 5.56 Å². The number of rotatable bonds is 1. The zero-order chi connectivity index (χ0) is 10.8. The lowest BCUT2D eigenvalue weighted by Crippen LogP contribution is -2.21. The van der Waals surface area contributed by atoms with Crippen molar-refractivity contribution < 1.29 is 0 Å². The largest absolute Gasteiger partial charge is 0.383 e. The summed E-state index contributed by atoms with van der Waals surface area (Å²) in [7, 11) is 0. The van der Waals surface area contributed by atoms with Crippen LogP contribution in [0, 0.1) is 0 Å². The third-order valence-electron chi connectivity index (χ3n) is 1.61. The molecule has 0 saturated carbocycles. The van der Waals surface area contributed by atoms with Gasteiger partial charge in [0.05, 0.1) is 10.6 Å². The third kappa shape index (κ3) is 3.04. The lowest BCUT2D eigenvalue weighted by atomic mass is 10.1. The molecular formula is C11H15ClN2. The van der Waals surface area contributed by atoms with Crippen LogP contribution in [0.4, 0.5) is 0 Å². The van der Waals surface area contributed by atoms with E-state index in [9.17, 15) is 0 Å². The SMILES string of the molecule is CC(C)(C)N=C(N)c1ccccc1Cl. The Morgan fingerprint density at radius 1 is 1.29 bits per heavy atom. The Morgan fingerprint density at radius 2 is 1.86 bits per heavy atom. The van der Waals surface area contributed by atoms with Gasteiger partial charge in [-0.2, -0.15) is 0 Å². The maximum Gasteiger partial charge on any atom is 0.127 e. The number of halogens is 1. The fourth-order valence-corrected chi connectivity index (χ4v) is 1.32. The normalized spacial score (nSPS) is 13.0. The summed E-state index contributed by atoms with van der Waals surface area (Å²) in [5.41, 5.74) is 6.47. The van der Waals surface area contributed by atoms with Gasteiger partial charge in [0.25, 0.3) is 0 Å². The second-order valence-electron chi connectivity index (χ2n) is 4.15. The first-order chi connectivity index (χ1) is 6.40. The van der Waals surface area contributed by atoms with Gasteiger partial charge in [0, 0.05) is 5.56 Å². The molecule has 2 N–H and O–H groups in total. The van der Waals surface area contributed by atoms with Gasteiger partial charge in [-0.05, 0) is 32.9 Å². The molecular weight excluding hydrogens is 196 g/mol. The zero-order valence-corrected chi connectivity index (χ0v) is 9.47. The molecule has 0 aliphatic rings. The minimum Gasteiger partial charge on any atom is -0.383 e. The molecule has 0 amide bonds. The molecule has 0 saturated heterocycles. The predicted octanol–water partition coefficient (Wildman–Crippen LogP) is 2.84. The van der Waals surface area contributed by atoms with Gasteiger partial charge in [-0.3, -0.25) is 4.99 Å². The average molecular weight is 211 g/mol. The molecule has 1 aromatic carbocycles. The van der Waals surface area contributed by atoms with Crippen LogP contribution < -0.4 is 5.73 Å². The standard InChI is InChI=1S/C11H15ClN2/c1-11(2,3)14-10(13)8-6-4-5-7-9(8)12/h4-7H,1-3H3,(H2,13,14). The van der Waals surface area contributed by atoms with Gasteiger partial charge in [0.2, 0.25) is 0 Å². The molecule has 0 atom stereocenters. The Labute approximate surface area is 89.8 Å². The molecule has 3 heteroatoms. The second-order valence-corrected chi connectivity index (χ2v) is 4.55. The first-order valence-corrected chi connectivity index (χ1v) is 4.88. The fraction of sp³-hybridized carbons (Fsp3) is 0.364. The molecule has 1 rings (SSSR count). The third-order valence-corrected chi connectivity index (χ3v) is 1.94. The predicted molar refractivity (Wildman–Crippen MR) is 61.9 cm³/mol. The Hall–Kier alpha value is -1.02. The van der Waals surface area contributed by atoms with Gasteiger partial charge in [0.15, 0.2) is 0 Å². The molecule has 0 radical (unpaired) electrons. The van der Waals surface area contributed by atoms with Gasteiger partial charge in [0.1, 0.15) is 5.84 Å². The van der Waals surface area contributed by atoms with Crippen LogP contribution in [0.1, 0.15) is 26.3 Å². The fourth-order valence-electron chi connectivity index (χ4n) is 1.09. The van der Waals surface area contributed by atoms with Crippen LogP contribution in [-0.2, 0) is 0 Å². The molecule has 14 heavy (non-hydrogen) atoms. The van der Waals surface area contributed by atoms with Crippen molar-refractivity contribution in [3.05, 3.63) is 34.9 Å². The molecule has 0 aliphatic carbocycles. The van der Waals surface area contributed by atoms with Crippen molar-refractivity contribution in [3.63, 3.8) is 0 Å². The maximum atomic E-state index is 5.99. The van der Waals surface area contributed by atoms with Crippen LogP contribution in [0.5, 0.6) is 0 Å². The van der Waals surface area contributed by atoms with Crippen LogP contribution in [0.2, 0.25) is 5.02 Å². The van der Waals surface area contributed by atoms with Crippen molar-refractivity contribution in [1.82, 2.24) is 0 Å². The molecule has 0 fully saturated rings. The number of benzene rings is 1. The number of aliphatic imine (C=N–C) groups is 1. The molecule has 0 bridgehead atoms. The highest BCUT2D eigenvalue weighted by Crippen LogP contribution is 2.16. The van der Waals surface area contributed by atoms with Crippen molar-refractivity contribution >= 4 is 17.4 Å². The Morgan fingerprint density at radius 3 is 2.36 bits per heavy atom. The molecule has 0 heterocycles. The van der Waals surface area contributed by atoms with Crippen molar-refractivity contribution in [2.45, 2.75) is 26.3 Å². The van der Waals surface area contributed by atoms with Crippen LogP contribution in [0.3, 0.4) is 0 Å². The summed E-state index contributed by atoms with van der Waals surface area (Å²) < 4.78 is 0. The zero-order valence-electron chi connectivity index (χ0n) is 8.71. The first-order valence-electron chi connectivity index (χ1n) is 4.50. The summed E-state index contributed by atoms with van der Waals surface area (Å²) >= 11 is 5.99. The van der Waals surface area contributed by atoms with Crippen LogP contribution in [0.25, 0.3) is 0 Å². The van der Waals surface area contributed by atoms with E-state index in [1.807, 2.05) is 45.0 Å². The van der Waals surface area contributed by atoms with Crippen molar-refractivity contribution in [1.29, 1.82) is 0 Å². The number of hydrogen-bond donors (Lipinski definition) is 1. The Balaban J connectivity index is 3.07. The summed E-state index contributed by atoms with van der Waals surface area (Å²) in [5.74, 6) is 0.489. The summed E-state index contributed by atoms with van der Waals surface area (Å²) in [6, 6.07) is 7.44. The lowest BCUT2D eigenvalue weighted by Gasteiger charge is -2.14. The number of nitrogens with two attached hydrogens (primary N) is 1. The first kappa shape index (κ1) is 11.1. The average Bonchev–Trinajstić information content (AvgIpc) is 2.01. The van der Waals surface area contributed by atoms with E-state index in [4.69, 9.17) is 17.3 Å². The Bertz CT molecular complexity index is 351. The number of nitrogens with zero attached hydrogens (tertiary/aromatic N) is 1. The van der Waals surface area contributed by atoms with E-state index in [0.29, 0.717) is 10.9 Å². The van der Waals surface area contributed by atoms with Gasteiger partial charge in [-0.15, -0.1) is 0 Å². The molecule has 0 spiro atoms. The monoisotopic (exact) mass is 210 g/mol. The topological polar surface area (TPSA) is 38.4 Å². The number of hydrogen-bond acceptors (Lipinski definition) is 1. The van der Waals surface area contributed by atoms with E-state index < -0.39 is 0 Å². The minimum atomic E-state index is -0.177. The van der Waals surface area contributed by atoms with Crippen LogP contribution >= 0.6 is 11.6 Å². The van der Waals surface area contributed by atoms with Gasteiger partial charge in [-0.1, -0.05) is 23.7 Å². The van der Waals surface area contributed by atoms with Crippen LogP contribution in [0.15, 0.2) is 29.3 Å². The minimum absolute atomic E-state index is 0.177. The van der Waals surface area contributed by atoms with Gasteiger partial charge >= 0.3 is 0 Å². The van der Waals surface area contributed by atoms with Crippen LogP contribution in [-0.4, -0.2) is 11.4 Å². The van der Waals surface area contributed by atoms with Gasteiger partial charge < -0.3 is 5.73 Å². The van der Waals surface area contributed by atoms with E-state index in [1.54, 1.807) is 0 Å². The van der Waals surface area contributed by atoms with E-state index in [-0.39, 0.29) is 5.54 Å². The van der Waals surface area contributed by atoms with E-state index >= 15 is 0 Å². The highest BCUT2D eigenvalue weighted by Gasteiger charge is 2.10. The highest BCUT2D eigenvalue weighted by atomic mass is 35.5. The summed E-state index contributed by atoms with van der Waals surface area (Å²) in [6.45, 7) is 5.99. The maximum absolute atomic E-state index is 5.99. The van der Waals surface area contributed by atoms with Gasteiger partial charge in [-0.25, -0.2) is 0 Å². The van der Waals surface area contributed by atoms with Crippen molar-refractivity contribution in [3.8, 4) is 0 Å². The molecule has 0 aromatic heterocycles. The van der Waals surface area contributed by atoms with E-state index in [1.165, 1.54) is 0 Å². The molecule has 0 aliphatic heterocycles. The van der Waals surface area contributed by atoms with E-state index in [2.05, 4.69) is 4.99 Å². The smallest absolute Gasteiger partial charge is 0.127 e. The summed E-state index contributed by atoms with van der Waals surface area (Å²) in [6.07, 6.45) is 0.